The quantitative estimate of drug-likeness (QED) is 0.197. The number of fused-ring (bicyclic) bond motifs is 8. The third-order valence-electron chi connectivity index (χ3n) is 9.00. The Labute approximate surface area is 273 Å². The highest BCUT2D eigenvalue weighted by atomic mass is 32.1. The van der Waals surface area contributed by atoms with E-state index in [2.05, 4.69) is 124 Å². The van der Waals surface area contributed by atoms with Gasteiger partial charge in [-0.05, 0) is 48.5 Å². The number of hydrogen-bond acceptors (Lipinski definition) is 4. The van der Waals surface area contributed by atoms with Gasteiger partial charge in [-0.2, -0.15) is 0 Å². The Hall–Kier alpha value is -6.11. The minimum atomic E-state index is 0.837. The molecule has 5 aromatic heterocycles. The maximum absolute atomic E-state index is 5.46. The van der Waals surface area contributed by atoms with Gasteiger partial charge in [0.15, 0.2) is 5.65 Å². The lowest BCUT2D eigenvalue weighted by Gasteiger charge is -2.12. The van der Waals surface area contributed by atoms with Crippen LogP contribution < -0.4 is 0 Å². The molecule has 0 unspecified atom stereocenters. The van der Waals surface area contributed by atoms with Crippen molar-refractivity contribution in [3.8, 4) is 34.0 Å². The fourth-order valence-corrected chi connectivity index (χ4v) is 8.06. The second-order valence-electron chi connectivity index (χ2n) is 11.7. The maximum Gasteiger partial charge on any atom is 0.164 e. The molecule has 5 heterocycles. The van der Waals surface area contributed by atoms with E-state index in [1.165, 1.54) is 31.8 Å². The first-order valence-electron chi connectivity index (χ1n) is 15.6. The van der Waals surface area contributed by atoms with E-state index in [1.54, 1.807) is 11.3 Å². The van der Waals surface area contributed by atoms with Crippen LogP contribution in [0.3, 0.4) is 0 Å². The van der Waals surface area contributed by atoms with Crippen LogP contribution in [0.5, 0.6) is 0 Å². The number of hydrogen-bond donors (Lipinski definition) is 0. The van der Waals surface area contributed by atoms with E-state index in [0.717, 1.165) is 55.5 Å². The van der Waals surface area contributed by atoms with Gasteiger partial charge >= 0.3 is 0 Å². The van der Waals surface area contributed by atoms with Crippen LogP contribution in [0.1, 0.15) is 0 Å². The minimum absolute atomic E-state index is 0.837. The Morgan fingerprint density at radius 2 is 1.17 bits per heavy atom. The summed E-state index contributed by atoms with van der Waals surface area (Å²) in [5.74, 6) is 0.855. The summed E-state index contributed by atoms with van der Waals surface area (Å²) >= 11 is 1.76. The second kappa shape index (κ2) is 10.2. The molecule has 0 fully saturated rings. The Kier molecular flexibility index (Phi) is 5.68. The standard InChI is InChI=1S/C41H25N5S/c1-3-12-28(13-4-1)45-33-19-9-7-16-30(33)35-36-31-17-8-10-20-34(31)47-41(36)44-37(38(35)45)26-21-23-27(24-22-26)39-43-32-18-11-25-42-40(32)46(39)29-14-5-2-6-15-29/h1-25H. The number of nitrogens with zero attached hydrogens (tertiary/aromatic N) is 5. The van der Waals surface area contributed by atoms with Crippen molar-refractivity contribution in [2.75, 3.05) is 0 Å². The van der Waals surface area contributed by atoms with Crippen LogP contribution >= 0.6 is 11.3 Å². The van der Waals surface area contributed by atoms with Crippen LogP contribution in [0.4, 0.5) is 0 Å². The lowest BCUT2D eigenvalue weighted by atomic mass is 10.0. The Morgan fingerprint density at radius 1 is 0.511 bits per heavy atom. The molecule has 0 radical (unpaired) electrons. The summed E-state index contributed by atoms with van der Waals surface area (Å²) in [6.07, 6.45) is 1.82. The normalized spacial score (nSPS) is 11.8. The molecule has 0 N–H and O–H groups in total. The highest BCUT2D eigenvalue weighted by Gasteiger charge is 2.23. The average Bonchev–Trinajstić information content (AvgIpc) is 3.82. The molecule has 0 aliphatic carbocycles. The second-order valence-corrected chi connectivity index (χ2v) is 12.7. The summed E-state index contributed by atoms with van der Waals surface area (Å²) in [5.41, 5.74) is 9.15. The van der Waals surface area contributed by atoms with Crippen molar-refractivity contribution in [2.24, 2.45) is 0 Å². The summed E-state index contributed by atoms with van der Waals surface area (Å²) in [7, 11) is 0. The van der Waals surface area contributed by atoms with Crippen molar-refractivity contribution in [1.29, 1.82) is 0 Å². The van der Waals surface area contributed by atoms with E-state index in [-0.39, 0.29) is 0 Å². The molecule has 0 spiro atoms. The van der Waals surface area contributed by atoms with Gasteiger partial charge in [-0.3, -0.25) is 4.57 Å². The van der Waals surface area contributed by atoms with Crippen molar-refractivity contribution in [2.45, 2.75) is 0 Å². The molecular formula is C41H25N5S. The topological polar surface area (TPSA) is 48.5 Å². The van der Waals surface area contributed by atoms with Crippen LogP contribution in [-0.2, 0) is 0 Å². The number of thiophene rings is 1. The van der Waals surface area contributed by atoms with Crippen LogP contribution in [0.25, 0.3) is 87.3 Å². The summed E-state index contributed by atoms with van der Waals surface area (Å²) in [6.45, 7) is 0. The fraction of sp³-hybridized carbons (Fsp3) is 0. The summed E-state index contributed by atoms with van der Waals surface area (Å²) in [6, 6.07) is 51.0. The molecule has 220 valence electrons. The van der Waals surface area contributed by atoms with Gasteiger partial charge < -0.3 is 4.57 Å². The molecule has 0 bridgehead atoms. The van der Waals surface area contributed by atoms with Crippen molar-refractivity contribution < 1.29 is 0 Å². The number of rotatable bonds is 4. The van der Waals surface area contributed by atoms with E-state index in [9.17, 15) is 0 Å². The zero-order chi connectivity index (χ0) is 30.9. The molecule has 0 aliphatic heterocycles. The first-order valence-corrected chi connectivity index (χ1v) is 16.4. The Morgan fingerprint density at radius 3 is 1.96 bits per heavy atom. The number of pyridine rings is 2. The van der Waals surface area contributed by atoms with Gasteiger partial charge in [-0.1, -0.05) is 97.1 Å². The van der Waals surface area contributed by atoms with Gasteiger partial charge in [0.05, 0.1) is 16.7 Å². The first kappa shape index (κ1) is 26.1. The molecule has 47 heavy (non-hydrogen) atoms. The van der Waals surface area contributed by atoms with E-state index in [4.69, 9.17) is 15.0 Å². The fourth-order valence-electron chi connectivity index (χ4n) is 6.98. The molecule has 5 nitrogen and oxygen atoms in total. The van der Waals surface area contributed by atoms with Gasteiger partial charge in [0, 0.05) is 54.9 Å². The molecule has 0 saturated heterocycles. The molecule has 0 atom stereocenters. The smallest absolute Gasteiger partial charge is 0.164 e. The number of aromatic nitrogens is 5. The van der Waals surface area contributed by atoms with E-state index < -0.39 is 0 Å². The number of benzene rings is 5. The lowest BCUT2D eigenvalue weighted by molar-refractivity contribution is 1.08. The number of para-hydroxylation sites is 3. The lowest BCUT2D eigenvalue weighted by Crippen LogP contribution is -1.99. The van der Waals surface area contributed by atoms with Crippen LogP contribution in [0.2, 0.25) is 0 Å². The van der Waals surface area contributed by atoms with Gasteiger partial charge in [0.25, 0.3) is 0 Å². The van der Waals surface area contributed by atoms with Crippen LogP contribution in [0, 0.1) is 0 Å². The van der Waals surface area contributed by atoms with Crippen LogP contribution in [-0.4, -0.2) is 24.1 Å². The van der Waals surface area contributed by atoms with E-state index in [0.29, 0.717) is 0 Å². The van der Waals surface area contributed by atoms with E-state index in [1.807, 2.05) is 36.5 Å². The molecule has 0 amide bonds. The summed E-state index contributed by atoms with van der Waals surface area (Å²) in [5, 5.41) is 4.93. The zero-order valence-electron chi connectivity index (χ0n) is 25.1. The van der Waals surface area contributed by atoms with Crippen LogP contribution in [0.15, 0.2) is 152 Å². The highest BCUT2D eigenvalue weighted by Crippen LogP contribution is 2.46. The van der Waals surface area contributed by atoms with Gasteiger partial charge in [0.2, 0.25) is 0 Å². The molecular weight excluding hydrogens is 595 g/mol. The third-order valence-corrected chi connectivity index (χ3v) is 10.1. The molecule has 6 heteroatoms. The predicted octanol–water partition coefficient (Wildman–Crippen LogP) is 10.6. The summed E-state index contributed by atoms with van der Waals surface area (Å²) < 4.78 is 5.76. The SMILES string of the molecule is c1ccc(-n2c(-c3ccc(-c4nc5sc6ccccc6c5c5c6ccccc6n(-c6ccccc6)c45)cc3)nc3cccnc32)cc1. The number of imidazole rings is 1. The zero-order valence-corrected chi connectivity index (χ0v) is 25.9. The highest BCUT2D eigenvalue weighted by molar-refractivity contribution is 7.25. The van der Waals surface area contributed by atoms with E-state index >= 15 is 0 Å². The summed E-state index contributed by atoms with van der Waals surface area (Å²) in [4.78, 5) is 16.2. The molecule has 10 aromatic rings. The molecule has 10 rings (SSSR count). The first-order chi connectivity index (χ1) is 23.3. The van der Waals surface area contributed by atoms with Crippen molar-refractivity contribution in [3.05, 3.63) is 152 Å². The largest absolute Gasteiger partial charge is 0.307 e. The Bertz CT molecular complexity index is 2770. The minimum Gasteiger partial charge on any atom is -0.307 e. The van der Waals surface area contributed by atoms with Gasteiger partial charge in [-0.15, -0.1) is 11.3 Å². The maximum atomic E-state index is 5.46. The van der Waals surface area contributed by atoms with Crippen molar-refractivity contribution >= 4 is 64.6 Å². The third kappa shape index (κ3) is 3.92. The Balaban J connectivity index is 1.26. The molecule has 0 saturated carbocycles. The van der Waals surface area contributed by atoms with Crippen molar-refractivity contribution in [3.63, 3.8) is 0 Å². The monoisotopic (exact) mass is 619 g/mol. The van der Waals surface area contributed by atoms with Gasteiger partial charge in [0.1, 0.15) is 16.2 Å². The van der Waals surface area contributed by atoms with Gasteiger partial charge in [-0.25, -0.2) is 15.0 Å². The predicted molar refractivity (Wildman–Crippen MR) is 195 cm³/mol. The average molecular weight is 620 g/mol. The van der Waals surface area contributed by atoms with Crippen molar-refractivity contribution in [1.82, 2.24) is 24.1 Å². The molecule has 5 aromatic carbocycles. The molecule has 0 aliphatic rings.